The topological polar surface area (TPSA) is 73.9 Å². The fourth-order valence-corrected chi connectivity index (χ4v) is 1.50. The van der Waals surface area contributed by atoms with Gasteiger partial charge in [-0.2, -0.15) is 5.26 Å². The van der Waals surface area contributed by atoms with Crippen LogP contribution < -0.4 is 5.56 Å². The van der Waals surface area contributed by atoms with Crippen LogP contribution in [-0.2, 0) is 6.42 Å². The van der Waals surface area contributed by atoms with E-state index in [2.05, 4.69) is 10.1 Å². The smallest absolute Gasteiger partial charge is 0.272 e. The van der Waals surface area contributed by atoms with E-state index < -0.39 is 0 Å². The lowest BCUT2D eigenvalue weighted by Gasteiger charge is -1.98. The Balaban J connectivity index is 2.73. The van der Waals surface area contributed by atoms with Crippen LogP contribution in [-0.4, -0.2) is 14.6 Å². The molecule has 0 amide bonds. The molecule has 0 aliphatic heterocycles. The Morgan fingerprint density at radius 1 is 1.67 bits per heavy atom. The molecule has 0 spiro atoms. The van der Waals surface area contributed by atoms with Crippen molar-refractivity contribution in [3.05, 3.63) is 33.9 Å². The van der Waals surface area contributed by atoms with Gasteiger partial charge in [-0.1, -0.05) is 13.3 Å². The SMILES string of the molecule is CCCc1cc(=O)n2[nH]cc(C#N)c2n1. The number of aromatic nitrogens is 3. The van der Waals surface area contributed by atoms with Crippen LogP contribution >= 0.6 is 0 Å². The van der Waals surface area contributed by atoms with Crippen molar-refractivity contribution in [2.75, 3.05) is 0 Å². The molecule has 2 aromatic rings. The van der Waals surface area contributed by atoms with Gasteiger partial charge < -0.3 is 0 Å². The Labute approximate surface area is 86.0 Å². The maximum absolute atomic E-state index is 11.6. The van der Waals surface area contributed by atoms with Gasteiger partial charge >= 0.3 is 0 Å². The number of hydrogen-bond acceptors (Lipinski definition) is 3. The van der Waals surface area contributed by atoms with Crippen molar-refractivity contribution >= 4 is 5.65 Å². The third kappa shape index (κ3) is 1.50. The van der Waals surface area contributed by atoms with E-state index in [4.69, 9.17) is 5.26 Å². The summed E-state index contributed by atoms with van der Waals surface area (Å²) >= 11 is 0. The summed E-state index contributed by atoms with van der Waals surface area (Å²) in [7, 11) is 0. The maximum Gasteiger partial charge on any atom is 0.272 e. The summed E-state index contributed by atoms with van der Waals surface area (Å²) in [6.07, 6.45) is 3.16. The molecule has 0 saturated carbocycles. The van der Waals surface area contributed by atoms with Gasteiger partial charge in [0.25, 0.3) is 5.56 Å². The van der Waals surface area contributed by atoms with E-state index in [-0.39, 0.29) is 5.56 Å². The number of H-pyrrole nitrogens is 1. The Morgan fingerprint density at radius 2 is 2.47 bits per heavy atom. The Hall–Kier alpha value is -2.09. The maximum atomic E-state index is 11.6. The largest absolute Gasteiger partial charge is 0.295 e. The van der Waals surface area contributed by atoms with Crippen molar-refractivity contribution in [3.63, 3.8) is 0 Å². The van der Waals surface area contributed by atoms with E-state index in [1.165, 1.54) is 16.8 Å². The van der Waals surface area contributed by atoms with E-state index in [0.29, 0.717) is 11.2 Å². The number of nitriles is 1. The fourth-order valence-electron chi connectivity index (χ4n) is 1.50. The van der Waals surface area contributed by atoms with Gasteiger partial charge in [0, 0.05) is 18.0 Å². The zero-order valence-corrected chi connectivity index (χ0v) is 8.32. The van der Waals surface area contributed by atoms with Crippen LogP contribution in [0.1, 0.15) is 24.6 Å². The minimum Gasteiger partial charge on any atom is -0.295 e. The van der Waals surface area contributed by atoms with Crippen molar-refractivity contribution in [1.29, 1.82) is 5.26 Å². The number of fused-ring (bicyclic) bond motifs is 1. The third-order valence-corrected chi connectivity index (χ3v) is 2.18. The highest BCUT2D eigenvalue weighted by molar-refractivity contribution is 5.53. The van der Waals surface area contributed by atoms with Crippen LogP contribution in [0.4, 0.5) is 0 Å². The first-order valence-electron chi connectivity index (χ1n) is 4.76. The molecule has 0 aromatic carbocycles. The molecule has 0 unspecified atom stereocenters. The van der Waals surface area contributed by atoms with Crippen LogP contribution in [0.15, 0.2) is 17.1 Å². The second kappa shape index (κ2) is 3.58. The van der Waals surface area contributed by atoms with Crippen LogP contribution in [0.3, 0.4) is 0 Å². The molecule has 1 N–H and O–H groups in total. The van der Waals surface area contributed by atoms with E-state index in [1.54, 1.807) is 0 Å². The third-order valence-electron chi connectivity index (χ3n) is 2.18. The molecule has 0 aliphatic rings. The normalized spacial score (nSPS) is 10.4. The van der Waals surface area contributed by atoms with Crippen molar-refractivity contribution in [1.82, 2.24) is 14.6 Å². The fraction of sp³-hybridized carbons (Fsp3) is 0.300. The molecule has 0 fully saturated rings. The van der Waals surface area contributed by atoms with Gasteiger partial charge in [0.15, 0.2) is 5.65 Å². The molecule has 0 bridgehead atoms. The van der Waals surface area contributed by atoms with Gasteiger partial charge in [-0.3, -0.25) is 9.89 Å². The first kappa shape index (κ1) is 9.46. The lowest BCUT2D eigenvalue weighted by molar-refractivity contribution is 0.839. The summed E-state index contributed by atoms with van der Waals surface area (Å²) < 4.78 is 1.28. The van der Waals surface area contributed by atoms with Crippen molar-refractivity contribution < 1.29 is 0 Å². The second-order valence-electron chi connectivity index (χ2n) is 3.29. The van der Waals surface area contributed by atoms with Crippen LogP contribution in [0.25, 0.3) is 5.65 Å². The summed E-state index contributed by atoms with van der Waals surface area (Å²) in [5.41, 5.74) is 1.36. The number of hydrogen-bond donors (Lipinski definition) is 1. The molecule has 15 heavy (non-hydrogen) atoms. The van der Waals surface area contributed by atoms with E-state index in [1.807, 2.05) is 13.0 Å². The minimum atomic E-state index is -0.176. The molecule has 2 heterocycles. The number of aromatic amines is 1. The molecule has 0 atom stereocenters. The average Bonchev–Trinajstić information content (AvgIpc) is 2.61. The highest BCUT2D eigenvalue weighted by atomic mass is 16.1. The van der Waals surface area contributed by atoms with Crippen molar-refractivity contribution in [2.24, 2.45) is 0 Å². The summed E-state index contributed by atoms with van der Waals surface area (Å²) in [4.78, 5) is 15.9. The lowest BCUT2D eigenvalue weighted by atomic mass is 10.2. The minimum absolute atomic E-state index is 0.176. The number of nitrogens with zero attached hydrogens (tertiary/aromatic N) is 3. The zero-order chi connectivity index (χ0) is 10.8. The first-order chi connectivity index (χ1) is 7.26. The van der Waals surface area contributed by atoms with Gasteiger partial charge in [-0.15, -0.1) is 0 Å². The van der Waals surface area contributed by atoms with Crippen molar-refractivity contribution in [2.45, 2.75) is 19.8 Å². The van der Waals surface area contributed by atoms with Gasteiger partial charge in [-0.05, 0) is 6.42 Å². The molecular weight excluding hydrogens is 192 g/mol. The standard InChI is InChI=1S/C10H10N4O/c1-2-3-8-4-9(15)14-10(13-8)7(5-11)6-12-14/h4,6,12H,2-3H2,1H3. The van der Waals surface area contributed by atoms with E-state index in [0.717, 1.165) is 18.5 Å². The van der Waals surface area contributed by atoms with Crippen LogP contribution in [0.2, 0.25) is 0 Å². The summed E-state index contributed by atoms with van der Waals surface area (Å²) in [6.45, 7) is 2.02. The van der Waals surface area contributed by atoms with Crippen molar-refractivity contribution in [3.8, 4) is 6.07 Å². The Kier molecular flexibility index (Phi) is 2.26. The highest BCUT2D eigenvalue weighted by Gasteiger charge is 2.07. The van der Waals surface area contributed by atoms with E-state index in [9.17, 15) is 4.79 Å². The summed E-state index contributed by atoms with van der Waals surface area (Å²) in [6, 6.07) is 3.49. The molecule has 5 nitrogen and oxygen atoms in total. The number of nitrogens with one attached hydrogen (secondary N) is 1. The molecule has 0 saturated heterocycles. The quantitative estimate of drug-likeness (QED) is 0.784. The monoisotopic (exact) mass is 202 g/mol. The highest BCUT2D eigenvalue weighted by Crippen LogP contribution is 2.05. The summed E-state index contributed by atoms with van der Waals surface area (Å²) in [5, 5.41) is 11.5. The molecule has 0 aliphatic carbocycles. The Bertz CT molecular complexity index is 587. The first-order valence-corrected chi connectivity index (χ1v) is 4.76. The summed E-state index contributed by atoms with van der Waals surface area (Å²) in [5.74, 6) is 0. The lowest BCUT2D eigenvalue weighted by Crippen LogP contribution is -2.15. The predicted octanol–water partition coefficient (Wildman–Crippen LogP) is 0.847. The van der Waals surface area contributed by atoms with Gasteiger partial charge in [-0.25, -0.2) is 9.50 Å². The number of aryl methyl sites for hydroxylation is 1. The predicted molar refractivity (Wildman–Crippen MR) is 54.5 cm³/mol. The average molecular weight is 202 g/mol. The van der Waals surface area contributed by atoms with E-state index >= 15 is 0 Å². The molecule has 2 aromatic heterocycles. The molecule has 5 heteroatoms. The molecule has 76 valence electrons. The second-order valence-corrected chi connectivity index (χ2v) is 3.29. The molecular formula is C10H10N4O. The van der Waals surface area contributed by atoms with Gasteiger partial charge in [0.05, 0.1) is 0 Å². The van der Waals surface area contributed by atoms with Crippen LogP contribution in [0, 0.1) is 11.3 Å². The van der Waals surface area contributed by atoms with Gasteiger partial charge in [0.2, 0.25) is 0 Å². The molecule has 2 rings (SSSR count). The molecule has 0 radical (unpaired) electrons. The van der Waals surface area contributed by atoms with Gasteiger partial charge in [0.1, 0.15) is 11.6 Å². The zero-order valence-electron chi connectivity index (χ0n) is 8.32. The number of rotatable bonds is 2. The van der Waals surface area contributed by atoms with Crippen LogP contribution in [0.5, 0.6) is 0 Å². The Morgan fingerprint density at radius 3 is 3.13 bits per heavy atom.